The Morgan fingerprint density at radius 1 is 1.41 bits per heavy atom. The molecule has 22 heavy (non-hydrogen) atoms. The van der Waals surface area contributed by atoms with Gasteiger partial charge in [0.2, 0.25) is 5.91 Å². The van der Waals surface area contributed by atoms with Crippen molar-refractivity contribution in [1.82, 2.24) is 15.2 Å². The summed E-state index contributed by atoms with van der Waals surface area (Å²) in [7, 11) is 1.57. The van der Waals surface area contributed by atoms with Gasteiger partial charge in [0, 0.05) is 18.2 Å². The second kappa shape index (κ2) is 6.93. The van der Waals surface area contributed by atoms with Gasteiger partial charge >= 0.3 is 5.69 Å². The summed E-state index contributed by atoms with van der Waals surface area (Å²) in [4.78, 5) is 27.8. The van der Waals surface area contributed by atoms with Gasteiger partial charge in [0.05, 0.1) is 13.7 Å². The van der Waals surface area contributed by atoms with E-state index >= 15 is 0 Å². The summed E-state index contributed by atoms with van der Waals surface area (Å²) in [6.07, 6.45) is 0.409. The van der Waals surface area contributed by atoms with Crippen molar-refractivity contribution in [3.63, 3.8) is 0 Å². The molecule has 7 heteroatoms. The maximum atomic E-state index is 12.5. The number of rotatable bonds is 6. The van der Waals surface area contributed by atoms with E-state index in [-0.39, 0.29) is 18.4 Å². The van der Waals surface area contributed by atoms with Crippen molar-refractivity contribution < 1.29 is 9.53 Å². The standard InChI is InChI=1S/C15H20N4O3/c1-10(2)7-14(20)19(9-13-16-15(21)18-17-13)11-5-4-6-12(8-11)22-3/h4-6,8,10H,7,9H2,1-3H3,(H2,16,17,18,21). The van der Waals surface area contributed by atoms with Crippen molar-refractivity contribution in [2.24, 2.45) is 5.92 Å². The summed E-state index contributed by atoms with van der Waals surface area (Å²) in [6, 6.07) is 7.23. The highest BCUT2D eigenvalue weighted by atomic mass is 16.5. The molecule has 2 N–H and O–H groups in total. The third-order valence-electron chi connectivity index (χ3n) is 3.11. The fourth-order valence-corrected chi connectivity index (χ4v) is 2.09. The molecule has 0 unspecified atom stereocenters. The van der Waals surface area contributed by atoms with Crippen LogP contribution in [0.1, 0.15) is 26.1 Å². The summed E-state index contributed by atoms with van der Waals surface area (Å²) in [5.41, 5.74) is 0.311. The first-order valence-corrected chi connectivity index (χ1v) is 7.07. The number of methoxy groups -OCH3 is 1. The van der Waals surface area contributed by atoms with E-state index in [1.807, 2.05) is 32.0 Å². The number of benzene rings is 1. The Morgan fingerprint density at radius 2 is 2.18 bits per heavy atom. The average molecular weight is 304 g/mol. The highest BCUT2D eigenvalue weighted by Crippen LogP contribution is 2.23. The van der Waals surface area contributed by atoms with Crippen molar-refractivity contribution >= 4 is 11.6 Å². The highest BCUT2D eigenvalue weighted by Gasteiger charge is 2.19. The van der Waals surface area contributed by atoms with Crippen molar-refractivity contribution in [2.45, 2.75) is 26.8 Å². The Balaban J connectivity index is 2.31. The Kier molecular flexibility index (Phi) is 4.98. The Bertz CT molecular complexity index is 690. The first-order valence-electron chi connectivity index (χ1n) is 7.07. The molecule has 0 spiro atoms. The number of nitrogens with one attached hydrogen (secondary N) is 2. The molecule has 7 nitrogen and oxygen atoms in total. The van der Waals surface area contributed by atoms with E-state index in [9.17, 15) is 9.59 Å². The van der Waals surface area contributed by atoms with Gasteiger partial charge in [-0.3, -0.25) is 9.78 Å². The van der Waals surface area contributed by atoms with Gasteiger partial charge in [0.25, 0.3) is 0 Å². The van der Waals surface area contributed by atoms with E-state index in [0.717, 1.165) is 0 Å². The largest absolute Gasteiger partial charge is 0.497 e. The number of anilines is 1. The smallest absolute Gasteiger partial charge is 0.340 e. The minimum atomic E-state index is -0.392. The van der Waals surface area contributed by atoms with Crippen LogP contribution in [0.15, 0.2) is 29.1 Å². The second-order valence-electron chi connectivity index (χ2n) is 5.40. The quantitative estimate of drug-likeness (QED) is 0.849. The van der Waals surface area contributed by atoms with E-state index in [1.165, 1.54) is 0 Å². The van der Waals surface area contributed by atoms with Crippen molar-refractivity contribution in [1.29, 1.82) is 0 Å². The van der Waals surface area contributed by atoms with Gasteiger partial charge in [-0.15, -0.1) is 0 Å². The SMILES string of the molecule is COc1cccc(N(Cc2n[nH]c(=O)[nH]2)C(=O)CC(C)C)c1. The number of hydrogen-bond donors (Lipinski definition) is 2. The molecule has 1 aromatic heterocycles. The minimum absolute atomic E-state index is 0.0351. The molecule has 2 rings (SSSR count). The lowest BCUT2D eigenvalue weighted by molar-refractivity contribution is -0.119. The van der Waals surface area contributed by atoms with Crippen LogP contribution in [0.3, 0.4) is 0 Å². The number of carbonyl (C=O) groups is 1. The Morgan fingerprint density at radius 3 is 2.77 bits per heavy atom. The van der Waals surface area contributed by atoms with Crippen LogP contribution < -0.4 is 15.3 Å². The molecule has 0 atom stereocenters. The fraction of sp³-hybridized carbons (Fsp3) is 0.400. The van der Waals surface area contributed by atoms with Crippen LogP contribution in [0, 0.1) is 5.92 Å². The molecule has 0 fully saturated rings. The maximum Gasteiger partial charge on any atom is 0.340 e. The molecule has 1 heterocycles. The Hall–Kier alpha value is -2.57. The number of aromatic amines is 2. The maximum absolute atomic E-state index is 12.5. The number of ether oxygens (including phenoxy) is 1. The molecular weight excluding hydrogens is 284 g/mol. The van der Waals surface area contributed by atoms with Crippen LogP contribution in [0.5, 0.6) is 5.75 Å². The summed E-state index contributed by atoms with van der Waals surface area (Å²) in [6.45, 7) is 4.16. The first kappa shape index (κ1) is 15.8. The van der Waals surface area contributed by atoms with Gasteiger partial charge in [-0.2, -0.15) is 5.10 Å². The van der Waals surface area contributed by atoms with Gasteiger partial charge in [0.1, 0.15) is 5.75 Å². The second-order valence-corrected chi connectivity index (χ2v) is 5.40. The molecular formula is C15H20N4O3. The summed E-state index contributed by atoms with van der Waals surface area (Å²) >= 11 is 0. The van der Waals surface area contributed by atoms with Crippen LogP contribution in [-0.4, -0.2) is 28.2 Å². The van der Waals surface area contributed by atoms with E-state index in [2.05, 4.69) is 15.2 Å². The van der Waals surface area contributed by atoms with Gasteiger partial charge in [-0.25, -0.2) is 9.89 Å². The van der Waals surface area contributed by atoms with Gasteiger partial charge < -0.3 is 9.64 Å². The normalized spacial score (nSPS) is 10.7. The summed E-state index contributed by atoms with van der Waals surface area (Å²) in [5.74, 6) is 1.27. The highest BCUT2D eigenvalue weighted by molar-refractivity contribution is 5.93. The van der Waals surface area contributed by atoms with E-state index in [4.69, 9.17) is 4.74 Å². The van der Waals surface area contributed by atoms with Crippen molar-refractivity contribution in [3.8, 4) is 5.75 Å². The molecule has 0 saturated heterocycles. The van der Waals surface area contributed by atoms with E-state index < -0.39 is 5.69 Å². The predicted octanol–water partition coefficient (Wildman–Crippen LogP) is 1.69. The van der Waals surface area contributed by atoms with Gasteiger partial charge in [-0.05, 0) is 18.1 Å². The van der Waals surface area contributed by atoms with Crippen molar-refractivity contribution in [3.05, 3.63) is 40.6 Å². The number of hydrogen-bond acceptors (Lipinski definition) is 4. The zero-order valence-electron chi connectivity index (χ0n) is 12.9. The van der Waals surface area contributed by atoms with Crippen LogP contribution in [0.25, 0.3) is 0 Å². The molecule has 0 aliphatic carbocycles. The number of amides is 1. The first-order chi connectivity index (χ1) is 10.5. The zero-order chi connectivity index (χ0) is 16.1. The van der Waals surface area contributed by atoms with Gasteiger partial charge in [-0.1, -0.05) is 19.9 Å². The molecule has 0 radical (unpaired) electrons. The molecule has 0 aliphatic heterocycles. The molecule has 118 valence electrons. The summed E-state index contributed by atoms with van der Waals surface area (Å²) < 4.78 is 5.20. The van der Waals surface area contributed by atoms with Crippen LogP contribution in [0.4, 0.5) is 5.69 Å². The Labute approximate surface area is 128 Å². The molecule has 1 amide bonds. The van der Waals surface area contributed by atoms with Crippen LogP contribution in [-0.2, 0) is 11.3 Å². The topological polar surface area (TPSA) is 91.1 Å². The number of aromatic nitrogens is 3. The molecule has 0 bridgehead atoms. The van der Waals surface area contributed by atoms with Crippen LogP contribution >= 0.6 is 0 Å². The lowest BCUT2D eigenvalue weighted by Crippen LogP contribution is -2.31. The van der Waals surface area contributed by atoms with Crippen LogP contribution in [0.2, 0.25) is 0 Å². The average Bonchev–Trinajstić information content (AvgIpc) is 2.89. The third kappa shape index (κ3) is 3.97. The number of nitrogens with zero attached hydrogens (tertiary/aromatic N) is 2. The fourth-order valence-electron chi connectivity index (χ4n) is 2.09. The predicted molar refractivity (Wildman–Crippen MR) is 82.8 cm³/mol. The lowest BCUT2D eigenvalue weighted by Gasteiger charge is -2.23. The third-order valence-corrected chi connectivity index (χ3v) is 3.11. The van der Waals surface area contributed by atoms with E-state index in [1.54, 1.807) is 18.1 Å². The number of carbonyl (C=O) groups excluding carboxylic acids is 1. The molecule has 2 aromatic rings. The van der Waals surface area contributed by atoms with Gasteiger partial charge in [0.15, 0.2) is 5.82 Å². The summed E-state index contributed by atoms with van der Waals surface area (Å²) in [5, 5.41) is 6.17. The monoisotopic (exact) mass is 304 g/mol. The van der Waals surface area contributed by atoms with Crippen molar-refractivity contribution in [2.75, 3.05) is 12.0 Å². The van der Waals surface area contributed by atoms with E-state index in [0.29, 0.717) is 23.7 Å². The number of H-pyrrole nitrogens is 2. The minimum Gasteiger partial charge on any atom is -0.497 e. The molecule has 0 saturated carbocycles. The zero-order valence-corrected chi connectivity index (χ0v) is 12.9. The molecule has 1 aromatic carbocycles. The lowest BCUT2D eigenvalue weighted by atomic mass is 10.1. The molecule has 0 aliphatic rings.